The van der Waals surface area contributed by atoms with Crippen LogP contribution in [0.1, 0.15) is 29.5 Å². The number of carboxylic acids is 1. The van der Waals surface area contributed by atoms with Crippen molar-refractivity contribution in [2.45, 2.75) is 19.8 Å². The van der Waals surface area contributed by atoms with Crippen molar-refractivity contribution in [1.82, 2.24) is 0 Å². The molecule has 0 radical (unpaired) electrons. The highest BCUT2D eigenvalue weighted by Crippen LogP contribution is 2.25. The Morgan fingerprint density at radius 3 is 2.65 bits per heavy atom. The zero-order valence-corrected chi connectivity index (χ0v) is 14.8. The average Bonchev–Trinajstić information content (AvgIpc) is 3.17. The van der Waals surface area contributed by atoms with Crippen LogP contribution in [0, 0.1) is 0 Å². The first-order chi connectivity index (χ1) is 12.7. The van der Waals surface area contributed by atoms with Gasteiger partial charge in [0, 0.05) is 25.2 Å². The van der Waals surface area contributed by atoms with Crippen molar-refractivity contribution in [3.63, 3.8) is 0 Å². The zero-order valence-electron chi connectivity index (χ0n) is 14.8. The van der Waals surface area contributed by atoms with Crippen molar-refractivity contribution in [2.24, 2.45) is 0 Å². The Bertz CT molecular complexity index is 694. The molecule has 0 spiro atoms. The molecule has 3 rings (SSSR count). The van der Waals surface area contributed by atoms with Gasteiger partial charge >= 0.3 is 5.97 Å². The van der Waals surface area contributed by atoms with Crippen LogP contribution in [-0.2, 0) is 16.0 Å². The first kappa shape index (κ1) is 19.5. The van der Waals surface area contributed by atoms with E-state index in [0.29, 0.717) is 44.1 Å². The van der Waals surface area contributed by atoms with Crippen molar-refractivity contribution in [1.29, 1.82) is 0 Å². The number of benzene rings is 1. The minimum Gasteiger partial charge on any atom is -0.478 e. The van der Waals surface area contributed by atoms with Gasteiger partial charge in [0.1, 0.15) is 5.76 Å². The van der Waals surface area contributed by atoms with Gasteiger partial charge in [-0.05, 0) is 36.8 Å². The number of amides is 1. The molecule has 2 N–H and O–H groups in total. The Labute approximate surface area is 152 Å². The van der Waals surface area contributed by atoms with E-state index in [1.165, 1.54) is 6.07 Å². The molecule has 1 fully saturated rings. The zero-order chi connectivity index (χ0) is 18.8. The number of rotatable bonds is 6. The lowest BCUT2D eigenvalue weighted by Gasteiger charge is -2.30. The second kappa shape index (κ2) is 10.2. The van der Waals surface area contributed by atoms with Crippen molar-refractivity contribution in [3.8, 4) is 0 Å². The summed E-state index contributed by atoms with van der Waals surface area (Å²) in [6.07, 6.45) is 4.46. The van der Waals surface area contributed by atoms with E-state index in [4.69, 9.17) is 9.15 Å². The molecular weight excluding hydrogens is 336 g/mol. The van der Waals surface area contributed by atoms with E-state index in [0.717, 1.165) is 18.6 Å². The van der Waals surface area contributed by atoms with E-state index in [1.54, 1.807) is 18.4 Å². The normalized spacial score (nSPS) is 13.5. The third-order valence-electron chi connectivity index (χ3n) is 3.88. The van der Waals surface area contributed by atoms with Gasteiger partial charge < -0.3 is 24.5 Å². The van der Waals surface area contributed by atoms with Gasteiger partial charge in [0.15, 0.2) is 0 Å². The van der Waals surface area contributed by atoms with Crippen molar-refractivity contribution in [2.75, 3.05) is 36.5 Å². The summed E-state index contributed by atoms with van der Waals surface area (Å²) >= 11 is 0. The molecular formula is C19H24N2O5. The topological polar surface area (TPSA) is 92.0 Å². The van der Waals surface area contributed by atoms with Crippen LogP contribution >= 0.6 is 0 Å². The Hall–Kier alpha value is -2.80. The molecule has 7 nitrogen and oxygen atoms in total. The molecule has 0 saturated carbocycles. The number of hydrogen-bond donors (Lipinski definition) is 2. The minimum absolute atomic E-state index is 0.184. The van der Waals surface area contributed by atoms with Crippen molar-refractivity contribution >= 4 is 23.8 Å². The van der Waals surface area contributed by atoms with E-state index >= 15 is 0 Å². The number of ether oxygens (including phenoxy) is 1. The van der Waals surface area contributed by atoms with Gasteiger partial charge in [0.25, 0.3) is 0 Å². The van der Waals surface area contributed by atoms with Gasteiger partial charge in [-0.15, -0.1) is 0 Å². The van der Waals surface area contributed by atoms with Crippen molar-refractivity contribution < 1.29 is 23.8 Å². The summed E-state index contributed by atoms with van der Waals surface area (Å²) in [4.78, 5) is 23.6. The lowest BCUT2D eigenvalue weighted by molar-refractivity contribution is -0.105. The molecule has 2 aromatic rings. The second-order valence-corrected chi connectivity index (χ2v) is 5.73. The van der Waals surface area contributed by atoms with Gasteiger partial charge in [-0.3, -0.25) is 4.79 Å². The lowest BCUT2D eigenvalue weighted by atomic mass is 10.1. The summed E-state index contributed by atoms with van der Waals surface area (Å²) in [7, 11) is 0. The largest absolute Gasteiger partial charge is 0.478 e. The van der Waals surface area contributed by atoms with Crippen LogP contribution < -0.4 is 10.2 Å². The summed E-state index contributed by atoms with van der Waals surface area (Å²) in [5, 5.41) is 11.7. The Morgan fingerprint density at radius 2 is 2.08 bits per heavy atom. The molecule has 140 valence electrons. The predicted octanol–water partition coefficient (Wildman–Crippen LogP) is 3.02. The van der Waals surface area contributed by atoms with Gasteiger partial charge in [0.05, 0.1) is 30.7 Å². The molecule has 0 atom stereocenters. The van der Waals surface area contributed by atoms with E-state index in [-0.39, 0.29) is 5.56 Å². The van der Waals surface area contributed by atoms with Crippen LogP contribution in [0.25, 0.3) is 0 Å². The fourth-order valence-corrected chi connectivity index (χ4v) is 2.65. The fourth-order valence-electron chi connectivity index (χ4n) is 2.65. The fraction of sp³-hybridized carbons (Fsp3) is 0.368. The molecule has 1 aromatic heterocycles. The monoisotopic (exact) mass is 360 g/mol. The maximum absolute atomic E-state index is 11.2. The summed E-state index contributed by atoms with van der Waals surface area (Å²) < 4.78 is 10.3. The van der Waals surface area contributed by atoms with Crippen LogP contribution in [0.4, 0.5) is 11.4 Å². The lowest BCUT2D eigenvalue weighted by Crippen LogP contribution is -2.37. The summed E-state index contributed by atoms with van der Waals surface area (Å²) in [5.41, 5.74) is 1.31. The minimum atomic E-state index is -1.01. The highest BCUT2D eigenvalue weighted by atomic mass is 16.5. The van der Waals surface area contributed by atoms with Gasteiger partial charge in [-0.2, -0.15) is 0 Å². The van der Waals surface area contributed by atoms with Crippen LogP contribution in [0.3, 0.4) is 0 Å². The van der Waals surface area contributed by atoms with Gasteiger partial charge in [-0.25, -0.2) is 4.79 Å². The van der Waals surface area contributed by atoms with Crippen LogP contribution in [0.15, 0.2) is 41.0 Å². The molecule has 1 saturated heterocycles. The van der Waals surface area contributed by atoms with Crippen molar-refractivity contribution in [3.05, 3.63) is 47.9 Å². The van der Waals surface area contributed by atoms with Crippen LogP contribution in [-0.4, -0.2) is 43.8 Å². The van der Waals surface area contributed by atoms with Crippen LogP contribution in [0.2, 0.25) is 0 Å². The Kier molecular flexibility index (Phi) is 7.70. The highest BCUT2D eigenvalue weighted by Gasteiger charge is 2.18. The first-order valence-corrected chi connectivity index (χ1v) is 8.58. The number of carboxylic acid groups (broad SMARTS) is 1. The standard InChI is InChI=1S/C12H14N2O4.C7H10O/c15-8-13-9-1-2-11(10(7-9)12(16)17)14-3-5-18-6-4-14;1-2-4-7-5-3-6-8-7/h1-2,7-8H,3-6H2,(H,13,15)(H,16,17);3,5-6H,2,4H2,1H3. The van der Waals surface area contributed by atoms with Gasteiger partial charge in [-0.1, -0.05) is 6.92 Å². The number of aromatic carboxylic acids is 1. The molecule has 1 aromatic carbocycles. The molecule has 0 unspecified atom stereocenters. The maximum Gasteiger partial charge on any atom is 0.337 e. The molecule has 7 heteroatoms. The van der Waals surface area contributed by atoms with E-state index in [1.807, 2.05) is 17.0 Å². The number of carbonyl (C=O) groups excluding carboxylic acids is 1. The smallest absolute Gasteiger partial charge is 0.337 e. The van der Waals surface area contributed by atoms with Gasteiger partial charge in [0.2, 0.25) is 6.41 Å². The average molecular weight is 360 g/mol. The number of furan rings is 1. The number of anilines is 2. The molecule has 2 heterocycles. The summed E-state index contributed by atoms with van der Waals surface area (Å²) in [5.74, 6) is 0.0820. The summed E-state index contributed by atoms with van der Waals surface area (Å²) in [6.45, 7) is 4.66. The first-order valence-electron chi connectivity index (χ1n) is 8.58. The number of hydrogen-bond acceptors (Lipinski definition) is 5. The molecule has 0 bridgehead atoms. The second-order valence-electron chi connectivity index (χ2n) is 5.73. The molecule has 0 aliphatic carbocycles. The summed E-state index contributed by atoms with van der Waals surface area (Å²) in [6, 6.07) is 8.78. The van der Waals surface area contributed by atoms with Crippen LogP contribution in [0.5, 0.6) is 0 Å². The molecule has 1 amide bonds. The molecule has 26 heavy (non-hydrogen) atoms. The number of aryl methyl sites for hydroxylation is 1. The number of carbonyl (C=O) groups is 2. The molecule has 1 aliphatic rings. The highest BCUT2D eigenvalue weighted by molar-refractivity contribution is 5.96. The van der Waals surface area contributed by atoms with E-state index in [2.05, 4.69) is 12.2 Å². The third kappa shape index (κ3) is 5.63. The Balaban J connectivity index is 0.000000254. The number of nitrogens with one attached hydrogen (secondary N) is 1. The maximum atomic E-state index is 11.2. The van der Waals surface area contributed by atoms with E-state index in [9.17, 15) is 14.7 Å². The number of nitrogens with zero attached hydrogens (tertiary/aromatic N) is 1. The predicted molar refractivity (Wildman–Crippen MR) is 98.8 cm³/mol. The quantitative estimate of drug-likeness (QED) is 0.770. The number of morpholine rings is 1. The Morgan fingerprint density at radius 1 is 1.31 bits per heavy atom. The van der Waals surface area contributed by atoms with E-state index < -0.39 is 5.97 Å². The SMILES string of the molecule is CCCc1ccco1.O=CNc1ccc(N2CCOCC2)c(C(=O)O)c1. The molecule has 1 aliphatic heterocycles. The third-order valence-corrected chi connectivity index (χ3v) is 3.88.